The van der Waals surface area contributed by atoms with Gasteiger partial charge in [0.25, 0.3) is 0 Å². The molecule has 4 unspecified atom stereocenters. The quantitative estimate of drug-likeness (QED) is 0.698. The van der Waals surface area contributed by atoms with Crippen LogP contribution in [0.15, 0.2) is 0 Å². The van der Waals surface area contributed by atoms with E-state index in [9.17, 15) is 0 Å². The molecular formula is C19H38N2. The highest BCUT2D eigenvalue weighted by Gasteiger charge is 2.40. The van der Waals surface area contributed by atoms with E-state index in [0.717, 1.165) is 18.0 Å². The van der Waals surface area contributed by atoms with Gasteiger partial charge in [0.1, 0.15) is 0 Å². The highest BCUT2D eigenvalue weighted by atomic mass is 15.2. The molecule has 0 aromatic rings. The molecular weight excluding hydrogens is 256 g/mol. The minimum Gasteiger partial charge on any atom is -0.316 e. The fourth-order valence-electron chi connectivity index (χ4n) is 4.90. The van der Waals surface area contributed by atoms with Crippen molar-refractivity contribution in [2.45, 2.75) is 91.1 Å². The van der Waals surface area contributed by atoms with Gasteiger partial charge in [0.05, 0.1) is 0 Å². The van der Waals surface area contributed by atoms with Crippen molar-refractivity contribution in [3.8, 4) is 0 Å². The van der Waals surface area contributed by atoms with Crippen LogP contribution in [0.4, 0.5) is 0 Å². The lowest BCUT2D eigenvalue weighted by Crippen LogP contribution is -2.49. The van der Waals surface area contributed by atoms with E-state index < -0.39 is 0 Å². The highest BCUT2D eigenvalue weighted by molar-refractivity contribution is 4.94. The molecule has 1 saturated heterocycles. The average molecular weight is 295 g/mol. The maximum atomic E-state index is 3.76. The molecule has 2 heteroatoms. The van der Waals surface area contributed by atoms with Gasteiger partial charge >= 0.3 is 0 Å². The SMILES string of the molecule is CCCNCC1(CN2C(C)CCC2CC)CCCC(C)C1. The zero-order chi connectivity index (χ0) is 15.3. The normalized spacial score (nSPS) is 38.0. The maximum absolute atomic E-state index is 3.76. The Morgan fingerprint density at radius 3 is 2.62 bits per heavy atom. The van der Waals surface area contributed by atoms with Crippen LogP contribution in [0.1, 0.15) is 79.1 Å². The summed E-state index contributed by atoms with van der Waals surface area (Å²) < 4.78 is 0. The Morgan fingerprint density at radius 2 is 1.95 bits per heavy atom. The predicted molar refractivity (Wildman–Crippen MR) is 92.7 cm³/mol. The summed E-state index contributed by atoms with van der Waals surface area (Å²) in [6.45, 7) is 13.3. The third-order valence-corrected chi connectivity index (χ3v) is 6.05. The van der Waals surface area contributed by atoms with Crippen molar-refractivity contribution in [1.29, 1.82) is 0 Å². The van der Waals surface area contributed by atoms with Crippen molar-refractivity contribution in [2.24, 2.45) is 11.3 Å². The first-order valence-corrected chi connectivity index (χ1v) is 9.56. The second-order valence-corrected chi connectivity index (χ2v) is 8.04. The van der Waals surface area contributed by atoms with Gasteiger partial charge in [-0.25, -0.2) is 0 Å². The number of likely N-dealkylation sites (tertiary alicyclic amines) is 1. The first kappa shape index (κ1) is 17.3. The molecule has 0 aromatic carbocycles. The molecule has 2 aliphatic rings. The lowest BCUT2D eigenvalue weighted by molar-refractivity contribution is 0.0567. The van der Waals surface area contributed by atoms with Crippen LogP contribution in [-0.2, 0) is 0 Å². The minimum absolute atomic E-state index is 0.541. The molecule has 1 aliphatic heterocycles. The number of hydrogen-bond acceptors (Lipinski definition) is 2. The maximum Gasteiger partial charge on any atom is 0.00962 e. The third-order valence-electron chi connectivity index (χ3n) is 6.05. The second-order valence-electron chi connectivity index (χ2n) is 8.04. The Morgan fingerprint density at radius 1 is 1.14 bits per heavy atom. The van der Waals surface area contributed by atoms with Gasteiger partial charge in [-0.15, -0.1) is 0 Å². The van der Waals surface area contributed by atoms with Crippen LogP contribution in [0.2, 0.25) is 0 Å². The van der Waals surface area contributed by atoms with E-state index >= 15 is 0 Å². The number of rotatable bonds is 7. The summed E-state index contributed by atoms with van der Waals surface area (Å²) in [6, 6.07) is 1.65. The summed E-state index contributed by atoms with van der Waals surface area (Å²) in [7, 11) is 0. The smallest absolute Gasteiger partial charge is 0.00962 e. The zero-order valence-corrected chi connectivity index (χ0v) is 15.0. The molecule has 2 nitrogen and oxygen atoms in total. The molecule has 4 atom stereocenters. The summed E-state index contributed by atoms with van der Waals surface area (Å²) in [5.41, 5.74) is 0.541. The van der Waals surface area contributed by atoms with E-state index in [4.69, 9.17) is 0 Å². The van der Waals surface area contributed by atoms with E-state index in [0.29, 0.717) is 5.41 Å². The lowest BCUT2D eigenvalue weighted by atomic mass is 9.69. The minimum atomic E-state index is 0.541. The first-order chi connectivity index (χ1) is 10.1. The van der Waals surface area contributed by atoms with Crippen molar-refractivity contribution < 1.29 is 0 Å². The van der Waals surface area contributed by atoms with Crippen molar-refractivity contribution in [3.63, 3.8) is 0 Å². The molecule has 2 fully saturated rings. The van der Waals surface area contributed by atoms with Crippen molar-refractivity contribution in [2.75, 3.05) is 19.6 Å². The van der Waals surface area contributed by atoms with Crippen LogP contribution in [0.25, 0.3) is 0 Å². The zero-order valence-electron chi connectivity index (χ0n) is 15.0. The molecule has 0 bridgehead atoms. The molecule has 0 spiro atoms. The average Bonchev–Trinajstić information content (AvgIpc) is 2.80. The lowest BCUT2D eigenvalue weighted by Gasteiger charge is -2.45. The molecule has 2 rings (SSSR count). The summed E-state index contributed by atoms with van der Waals surface area (Å²) in [5, 5.41) is 3.76. The van der Waals surface area contributed by atoms with Crippen molar-refractivity contribution >= 4 is 0 Å². The van der Waals surface area contributed by atoms with E-state index in [1.54, 1.807) is 0 Å². The molecule has 124 valence electrons. The van der Waals surface area contributed by atoms with Gasteiger partial charge in [-0.1, -0.05) is 33.6 Å². The molecule has 0 aromatic heterocycles. The van der Waals surface area contributed by atoms with Crippen LogP contribution in [0.5, 0.6) is 0 Å². The van der Waals surface area contributed by atoms with Crippen LogP contribution in [0.3, 0.4) is 0 Å². The standard InChI is InChI=1S/C19H38N2/c1-5-12-20-14-19(11-7-8-16(3)13-19)15-21-17(4)9-10-18(21)6-2/h16-18,20H,5-15H2,1-4H3. The van der Waals surface area contributed by atoms with Gasteiger partial charge < -0.3 is 5.32 Å². The Kier molecular flexibility index (Phi) is 6.55. The predicted octanol–water partition coefficient (Wildman–Crippen LogP) is 4.45. The van der Waals surface area contributed by atoms with Crippen molar-refractivity contribution in [1.82, 2.24) is 10.2 Å². The number of nitrogens with one attached hydrogen (secondary N) is 1. The van der Waals surface area contributed by atoms with Gasteiger partial charge in [-0.05, 0) is 63.3 Å². The van der Waals surface area contributed by atoms with Crippen LogP contribution in [-0.4, -0.2) is 36.6 Å². The molecule has 21 heavy (non-hydrogen) atoms. The number of hydrogen-bond donors (Lipinski definition) is 1. The number of nitrogens with zero attached hydrogens (tertiary/aromatic N) is 1. The van der Waals surface area contributed by atoms with Gasteiger partial charge in [-0.2, -0.15) is 0 Å². The highest BCUT2D eigenvalue weighted by Crippen LogP contribution is 2.42. The Labute approximate surface area is 133 Å². The second kappa shape index (κ2) is 7.97. The van der Waals surface area contributed by atoms with E-state index in [1.807, 2.05) is 0 Å². The molecule has 1 aliphatic carbocycles. The van der Waals surface area contributed by atoms with Crippen LogP contribution < -0.4 is 5.32 Å². The Bertz CT molecular complexity index is 304. The Balaban J connectivity index is 2.03. The van der Waals surface area contributed by atoms with E-state index in [1.165, 1.54) is 71.0 Å². The molecule has 1 heterocycles. The molecule has 0 amide bonds. The Hall–Kier alpha value is -0.0800. The van der Waals surface area contributed by atoms with Gasteiger partial charge in [-0.3, -0.25) is 4.90 Å². The van der Waals surface area contributed by atoms with Gasteiger partial charge in [0.2, 0.25) is 0 Å². The first-order valence-electron chi connectivity index (χ1n) is 9.56. The summed E-state index contributed by atoms with van der Waals surface area (Å²) >= 11 is 0. The summed E-state index contributed by atoms with van der Waals surface area (Å²) in [5.74, 6) is 0.917. The fourth-order valence-corrected chi connectivity index (χ4v) is 4.90. The summed E-state index contributed by atoms with van der Waals surface area (Å²) in [4.78, 5) is 2.87. The molecule has 0 radical (unpaired) electrons. The van der Waals surface area contributed by atoms with E-state index in [-0.39, 0.29) is 0 Å². The third kappa shape index (κ3) is 4.45. The topological polar surface area (TPSA) is 15.3 Å². The van der Waals surface area contributed by atoms with Crippen LogP contribution >= 0.6 is 0 Å². The largest absolute Gasteiger partial charge is 0.316 e. The monoisotopic (exact) mass is 294 g/mol. The van der Waals surface area contributed by atoms with E-state index in [2.05, 4.69) is 37.9 Å². The van der Waals surface area contributed by atoms with Crippen molar-refractivity contribution in [3.05, 3.63) is 0 Å². The fraction of sp³-hybridized carbons (Fsp3) is 1.00. The summed E-state index contributed by atoms with van der Waals surface area (Å²) in [6.07, 6.45) is 11.2. The van der Waals surface area contributed by atoms with Crippen LogP contribution in [0, 0.1) is 11.3 Å². The van der Waals surface area contributed by atoms with Gasteiger partial charge in [0, 0.05) is 25.2 Å². The molecule has 1 N–H and O–H groups in total. The molecule has 1 saturated carbocycles. The van der Waals surface area contributed by atoms with Gasteiger partial charge in [0.15, 0.2) is 0 Å².